The second-order valence-corrected chi connectivity index (χ2v) is 5.90. The predicted molar refractivity (Wildman–Crippen MR) is 67.3 cm³/mol. The standard InChI is InChI=1S/C12H15NO3S/c1-12(2,3)16-11(14)15-10-6-8-7-13-5-4-9(8)17-10/h6-7H,4-5H2,1-3H3. The topological polar surface area (TPSA) is 47.9 Å². The second kappa shape index (κ2) is 4.49. The van der Waals surface area contributed by atoms with Crippen LogP contribution in [0.3, 0.4) is 0 Å². The van der Waals surface area contributed by atoms with Crippen LogP contribution in [0.1, 0.15) is 31.2 Å². The van der Waals surface area contributed by atoms with Gasteiger partial charge in [-0.2, -0.15) is 0 Å². The van der Waals surface area contributed by atoms with Crippen molar-refractivity contribution in [3.63, 3.8) is 0 Å². The molecule has 2 heterocycles. The maximum Gasteiger partial charge on any atom is 0.515 e. The van der Waals surface area contributed by atoms with E-state index in [0.717, 1.165) is 18.5 Å². The number of carbonyl (C=O) groups excluding carboxylic acids is 1. The van der Waals surface area contributed by atoms with Gasteiger partial charge in [0.2, 0.25) is 0 Å². The molecule has 0 saturated carbocycles. The van der Waals surface area contributed by atoms with Crippen LogP contribution in [0.5, 0.6) is 5.06 Å². The molecule has 1 aliphatic rings. The molecule has 92 valence electrons. The molecule has 0 amide bonds. The van der Waals surface area contributed by atoms with Crippen LogP contribution in [-0.2, 0) is 11.2 Å². The number of aliphatic imine (C=N–C) groups is 1. The Bertz CT molecular complexity index is 457. The Balaban J connectivity index is 2.02. The van der Waals surface area contributed by atoms with Crippen molar-refractivity contribution >= 4 is 23.7 Å². The lowest BCUT2D eigenvalue weighted by molar-refractivity contribution is 0.0214. The second-order valence-electron chi connectivity index (χ2n) is 4.80. The van der Waals surface area contributed by atoms with E-state index < -0.39 is 11.8 Å². The highest BCUT2D eigenvalue weighted by molar-refractivity contribution is 7.14. The van der Waals surface area contributed by atoms with Gasteiger partial charge < -0.3 is 9.47 Å². The maximum atomic E-state index is 11.5. The lowest BCUT2D eigenvalue weighted by Crippen LogP contribution is -2.25. The van der Waals surface area contributed by atoms with E-state index in [-0.39, 0.29) is 0 Å². The van der Waals surface area contributed by atoms with E-state index in [1.807, 2.05) is 12.3 Å². The fourth-order valence-corrected chi connectivity index (χ4v) is 2.42. The van der Waals surface area contributed by atoms with E-state index in [1.54, 1.807) is 20.8 Å². The molecule has 0 aromatic carbocycles. The number of hydrogen-bond donors (Lipinski definition) is 0. The third-order valence-electron chi connectivity index (χ3n) is 2.09. The summed E-state index contributed by atoms with van der Waals surface area (Å²) in [6.07, 6.45) is 2.07. The van der Waals surface area contributed by atoms with Crippen LogP contribution in [-0.4, -0.2) is 24.5 Å². The molecule has 0 N–H and O–H groups in total. The van der Waals surface area contributed by atoms with Gasteiger partial charge in [-0.1, -0.05) is 0 Å². The number of nitrogens with zero attached hydrogens (tertiary/aromatic N) is 1. The first-order valence-electron chi connectivity index (χ1n) is 5.47. The van der Waals surface area contributed by atoms with Crippen molar-refractivity contribution in [2.45, 2.75) is 32.8 Å². The van der Waals surface area contributed by atoms with Crippen molar-refractivity contribution in [2.24, 2.45) is 4.99 Å². The summed E-state index contributed by atoms with van der Waals surface area (Å²) in [4.78, 5) is 16.9. The minimum atomic E-state index is -0.659. The largest absolute Gasteiger partial charge is 0.515 e. The molecule has 0 unspecified atom stereocenters. The lowest BCUT2D eigenvalue weighted by Gasteiger charge is -2.18. The fourth-order valence-electron chi connectivity index (χ4n) is 1.45. The Morgan fingerprint density at radius 2 is 2.24 bits per heavy atom. The molecule has 0 aliphatic carbocycles. The first-order chi connectivity index (χ1) is 7.94. The summed E-state index contributed by atoms with van der Waals surface area (Å²) in [5, 5.41) is 0.567. The van der Waals surface area contributed by atoms with Gasteiger partial charge in [0.1, 0.15) is 5.60 Å². The van der Waals surface area contributed by atoms with E-state index in [1.165, 1.54) is 16.2 Å². The molecule has 0 saturated heterocycles. The summed E-state index contributed by atoms with van der Waals surface area (Å²) in [6.45, 7) is 6.22. The van der Waals surface area contributed by atoms with Crippen molar-refractivity contribution in [3.05, 3.63) is 16.5 Å². The molecule has 0 bridgehead atoms. The normalized spacial score (nSPS) is 14.3. The minimum Gasteiger partial charge on any atom is -0.428 e. The Morgan fingerprint density at radius 3 is 2.88 bits per heavy atom. The first-order valence-corrected chi connectivity index (χ1v) is 6.29. The van der Waals surface area contributed by atoms with Crippen molar-refractivity contribution < 1.29 is 14.3 Å². The monoisotopic (exact) mass is 253 g/mol. The molecule has 0 fully saturated rings. The minimum absolute atomic E-state index is 0.532. The quantitative estimate of drug-likeness (QED) is 0.723. The van der Waals surface area contributed by atoms with Gasteiger partial charge in [0.15, 0.2) is 5.06 Å². The fraction of sp³-hybridized carbons (Fsp3) is 0.500. The molecule has 2 rings (SSSR count). The molecule has 0 radical (unpaired) electrons. The molecule has 1 aliphatic heterocycles. The zero-order chi connectivity index (χ0) is 12.5. The van der Waals surface area contributed by atoms with Crippen molar-refractivity contribution in [2.75, 3.05) is 6.54 Å². The van der Waals surface area contributed by atoms with Gasteiger partial charge in [-0.25, -0.2) is 4.79 Å². The third-order valence-corrected chi connectivity index (χ3v) is 3.18. The summed E-state index contributed by atoms with van der Waals surface area (Å²) < 4.78 is 10.2. The van der Waals surface area contributed by atoms with Crippen LogP contribution in [0.25, 0.3) is 0 Å². The van der Waals surface area contributed by atoms with E-state index in [4.69, 9.17) is 9.47 Å². The summed E-state index contributed by atoms with van der Waals surface area (Å²) in [5.41, 5.74) is 0.509. The molecule has 5 heteroatoms. The summed E-state index contributed by atoms with van der Waals surface area (Å²) in [7, 11) is 0. The van der Waals surface area contributed by atoms with Gasteiger partial charge in [0.25, 0.3) is 0 Å². The number of fused-ring (bicyclic) bond motifs is 1. The summed E-state index contributed by atoms with van der Waals surface area (Å²) >= 11 is 1.48. The van der Waals surface area contributed by atoms with Crippen molar-refractivity contribution in [1.82, 2.24) is 0 Å². The van der Waals surface area contributed by atoms with Crippen LogP contribution in [0.4, 0.5) is 4.79 Å². The Labute approximate surface area is 104 Å². The number of ether oxygens (including phenoxy) is 2. The Morgan fingerprint density at radius 1 is 1.47 bits per heavy atom. The first kappa shape index (κ1) is 12.1. The van der Waals surface area contributed by atoms with Gasteiger partial charge in [-0.15, -0.1) is 11.3 Å². The maximum absolute atomic E-state index is 11.5. The van der Waals surface area contributed by atoms with Crippen molar-refractivity contribution in [1.29, 1.82) is 0 Å². The van der Waals surface area contributed by atoms with E-state index >= 15 is 0 Å². The molecule has 1 aromatic rings. The lowest BCUT2D eigenvalue weighted by atomic mass is 10.2. The highest BCUT2D eigenvalue weighted by atomic mass is 32.1. The SMILES string of the molecule is CC(C)(C)OC(=O)Oc1cc2c(s1)CCN=C2. The van der Waals surface area contributed by atoms with Crippen molar-refractivity contribution in [3.8, 4) is 5.06 Å². The van der Waals surface area contributed by atoms with E-state index in [0.29, 0.717) is 5.06 Å². The van der Waals surface area contributed by atoms with Gasteiger partial charge in [0, 0.05) is 35.7 Å². The Kier molecular flexibility index (Phi) is 3.19. The van der Waals surface area contributed by atoms with E-state index in [9.17, 15) is 4.79 Å². The number of thiophene rings is 1. The molecule has 17 heavy (non-hydrogen) atoms. The van der Waals surface area contributed by atoms with Crippen LogP contribution >= 0.6 is 11.3 Å². The van der Waals surface area contributed by atoms with Gasteiger partial charge in [-0.3, -0.25) is 4.99 Å². The Hall–Kier alpha value is -1.36. The summed E-state index contributed by atoms with van der Waals surface area (Å²) in [5.74, 6) is 0. The van der Waals surface area contributed by atoms with Gasteiger partial charge in [-0.05, 0) is 20.8 Å². The molecule has 4 nitrogen and oxygen atoms in total. The van der Waals surface area contributed by atoms with Gasteiger partial charge in [0.05, 0.1) is 0 Å². The molecular formula is C12H15NO3S. The smallest absolute Gasteiger partial charge is 0.428 e. The predicted octanol–water partition coefficient (Wildman–Crippen LogP) is 3.04. The molecule has 0 atom stereocenters. The average Bonchev–Trinajstić information content (AvgIpc) is 2.55. The van der Waals surface area contributed by atoms with Crippen LogP contribution in [0, 0.1) is 0 Å². The van der Waals surface area contributed by atoms with Gasteiger partial charge >= 0.3 is 6.16 Å². The number of hydrogen-bond acceptors (Lipinski definition) is 5. The highest BCUT2D eigenvalue weighted by Crippen LogP contribution is 2.30. The zero-order valence-electron chi connectivity index (χ0n) is 10.1. The third kappa shape index (κ3) is 3.30. The summed E-state index contributed by atoms with van der Waals surface area (Å²) in [6, 6.07) is 1.83. The average molecular weight is 253 g/mol. The van der Waals surface area contributed by atoms with Crippen LogP contribution < -0.4 is 4.74 Å². The molecule has 1 aromatic heterocycles. The number of carbonyl (C=O) groups is 1. The van der Waals surface area contributed by atoms with Crippen LogP contribution in [0.2, 0.25) is 0 Å². The van der Waals surface area contributed by atoms with Crippen LogP contribution in [0.15, 0.2) is 11.1 Å². The molecular weight excluding hydrogens is 238 g/mol. The number of rotatable bonds is 1. The zero-order valence-corrected chi connectivity index (χ0v) is 11.0. The highest BCUT2D eigenvalue weighted by Gasteiger charge is 2.20. The molecule has 0 spiro atoms. The van der Waals surface area contributed by atoms with E-state index in [2.05, 4.69) is 4.99 Å².